The number of fused-ring (bicyclic) bond motifs is 1. The van der Waals surface area contributed by atoms with E-state index in [0.29, 0.717) is 29.4 Å². The lowest BCUT2D eigenvalue weighted by Crippen LogP contribution is -2.13. The zero-order chi connectivity index (χ0) is 23.0. The third kappa shape index (κ3) is 5.03. The maximum Gasteiger partial charge on any atom is 0.266 e. The molecule has 5 heteroatoms. The molecule has 0 aliphatic rings. The molecule has 33 heavy (non-hydrogen) atoms. The molecule has 162 valence electrons. The fourth-order valence-corrected chi connectivity index (χ4v) is 3.55. The Morgan fingerprint density at radius 2 is 1.67 bits per heavy atom. The number of ether oxygens (including phenoxy) is 2. The van der Waals surface area contributed by atoms with Crippen molar-refractivity contribution in [2.24, 2.45) is 0 Å². The number of carbonyl (C=O) groups is 1. The minimum Gasteiger partial charge on any atom is -0.493 e. The Hall–Kier alpha value is -4.56. The third-order valence-corrected chi connectivity index (χ3v) is 5.18. The number of nitrogens with one attached hydrogen (secondary N) is 1. The molecule has 4 rings (SSSR count). The number of hydrogen-bond acceptors (Lipinski definition) is 4. The molecule has 4 aromatic rings. The van der Waals surface area contributed by atoms with E-state index in [2.05, 4.69) is 23.5 Å². The highest BCUT2D eigenvalue weighted by Gasteiger charge is 2.15. The number of benzene rings is 4. The van der Waals surface area contributed by atoms with E-state index in [0.717, 1.165) is 16.3 Å². The monoisotopic (exact) mass is 434 g/mol. The van der Waals surface area contributed by atoms with E-state index >= 15 is 0 Å². The second-order valence-corrected chi connectivity index (χ2v) is 7.30. The molecule has 0 saturated carbocycles. The lowest BCUT2D eigenvalue weighted by Gasteiger charge is -2.15. The summed E-state index contributed by atoms with van der Waals surface area (Å²) in [6.45, 7) is 0.306. The van der Waals surface area contributed by atoms with Crippen molar-refractivity contribution in [3.63, 3.8) is 0 Å². The summed E-state index contributed by atoms with van der Waals surface area (Å²) in [6, 6.07) is 30.5. The van der Waals surface area contributed by atoms with E-state index in [4.69, 9.17) is 9.47 Å². The topological polar surface area (TPSA) is 71.3 Å². The van der Waals surface area contributed by atoms with Crippen LogP contribution in [0.4, 0.5) is 5.69 Å². The molecule has 0 unspecified atom stereocenters. The third-order valence-electron chi connectivity index (χ3n) is 5.18. The second kappa shape index (κ2) is 10.2. The molecule has 0 atom stereocenters. The van der Waals surface area contributed by atoms with E-state index < -0.39 is 5.91 Å². The van der Waals surface area contributed by atoms with Gasteiger partial charge in [-0.05, 0) is 40.6 Å². The molecular weight excluding hydrogens is 412 g/mol. The van der Waals surface area contributed by atoms with Crippen LogP contribution in [0.5, 0.6) is 11.5 Å². The van der Waals surface area contributed by atoms with Crippen molar-refractivity contribution in [2.75, 3.05) is 12.4 Å². The average molecular weight is 434 g/mol. The zero-order valence-electron chi connectivity index (χ0n) is 18.1. The van der Waals surface area contributed by atoms with Crippen LogP contribution in [-0.2, 0) is 11.4 Å². The van der Waals surface area contributed by atoms with Crippen LogP contribution in [0.1, 0.15) is 11.1 Å². The van der Waals surface area contributed by atoms with Gasteiger partial charge in [-0.3, -0.25) is 4.79 Å². The maximum absolute atomic E-state index is 12.7. The van der Waals surface area contributed by atoms with Crippen LogP contribution in [-0.4, -0.2) is 13.0 Å². The van der Waals surface area contributed by atoms with E-state index in [1.165, 1.54) is 6.08 Å². The van der Waals surface area contributed by atoms with Crippen LogP contribution in [0.15, 0.2) is 96.6 Å². The van der Waals surface area contributed by atoms with Crippen LogP contribution < -0.4 is 14.8 Å². The lowest BCUT2D eigenvalue weighted by molar-refractivity contribution is -0.112. The van der Waals surface area contributed by atoms with Crippen molar-refractivity contribution in [1.82, 2.24) is 0 Å². The van der Waals surface area contributed by atoms with Crippen LogP contribution in [0.2, 0.25) is 0 Å². The standard InChI is InChI=1S/C28H22N2O3/c1-32-26-16-8-11-21(17-23(18-29)28(31)30-24-13-3-2-4-14-24)27(26)33-19-22-12-7-10-20-9-5-6-15-25(20)22/h2-17H,19H2,1H3,(H,30,31)/b23-17+. The maximum atomic E-state index is 12.7. The van der Waals surface area contributed by atoms with Gasteiger partial charge in [-0.25, -0.2) is 0 Å². The van der Waals surface area contributed by atoms with Gasteiger partial charge in [0.25, 0.3) is 5.91 Å². The molecule has 1 amide bonds. The number of nitrogens with zero attached hydrogens (tertiary/aromatic N) is 1. The minimum atomic E-state index is -0.494. The van der Waals surface area contributed by atoms with Gasteiger partial charge in [-0.1, -0.05) is 72.8 Å². The number of hydrogen-bond donors (Lipinski definition) is 1. The quantitative estimate of drug-likeness (QED) is 0.287. The summed E-state index contributed by atoms with van der Waals surface area (Å²) >= 11 is 0. The summed E-state index contributed by atoms with van der Waals surface area (Å²) < 4.78 is 11.7. The first-order valence-corrected chi connectivity index (χ1v) is 10.4. The van der Waals surface area contributed by atoms with Gasteiger partial charge in [-0.15, -0.1) is 0 Å². The predicted molar refractivity (Wildman–Crippen MR) is 130 cm³/mol. The van der Waals surface area contributed by atoms with Crippen molar-refractivity contribution < 1.29 is 14.3 Å². The molecule has 0 aromatic heterocycles. The fraction of sp³-hybridized carbons (Fsp3) is 0.0714. The SMILES string of the molecule is COc1cccc(/C=C(\C#N)C(=O)Nc2ccccc2)c1OCc1cccc2ccccc12. The Morgan fingerprint density at radius 3 is 2.45 bits per heavy atom. The summed E-state index contributed by atoms with van der Waals surface area (Å²) in [5, 5.41) is 14.6. The Balaban J connectivity index is 1.64. The highest BCUT2D eigenvalue weighted by Crippen LogP contribution is 2.34. The Labute approximate surface area is 192 Å². The Morgan fingerprint density at radius 1 is 0.939 bits per heavy atom. The van der Waals surface area contributed by atoms with Crippen LogP contribution in [0, 0.1) is 11.3 Å². The first-order chi connectivity index (χ1) is 16.2. The summed E-state index contributed by atoms with van der Waals surface area (Å²) in [4.78, 5) is 12.7. The van der Waals surface area contributed by atoms with Crippen molar-refractivity contribution in [2.45, 2.75) is 6.61 Å². The summed E-state index contributed by atoms with van der Waals surface area (Å²) in [6.07, 6.45) is 1.51. The van der Waals surface area contributed by atoms with Crippen molar-refractivity contribution in [3.8, 4) is 17.6 Å². The smallest absolute Gasteiger partial charge is 0.266 e. The van der Waals surface area contributed by atoms with Gasteiger partial charge in [0, 0.05) is 11.3 Å². The van der Waals surface area contributed by atoms with E-state index in [9.17, 15) is 10.1 Å². The molecule has 0 aliphatic carbocycles. The molecule has 0 saturated heterocycles. The molecule has 0 fully saturated rings. The number of nitriles is 1. The number of carbonyl (C=O) groups excluding carboxylic acids is 1. The molecule has 1 N–H and O–H groups in total. The number of anilines is 1. The van der Waals surface area contributed by atoms with Gasteiger partial charge in [-0.2, -0.15) is 5.26 Å². The van der Waals surface area contributed by atoms with Crippen LogP contribution in [0.25, 0.3) is 16.8 Å². The molecule has 0 bridgehead atoms. The van der Waals surface area contributed by atoms with Crippen molar-refractivity contribution in [1.29, 1.82) is 5.26 Å². The minimum absolute atomic E-state index is 0.0397. The fourth-order valence-electron chi connectivity index (χ4n) is 3.55. The predicted octanol–water partition coefficient (Wildman–Crippen LogP) is 5.97. The summed E-state index contributed by atoms with van der Waals surface area (Å²) in [5.41, 5.74) is 2.18. The summed E-state index contributed by atoms with van der Waals surface area (Å²) in [7, 11) is 1.56. The largest absolute Gasteiger partial charge is 0.493 e. The normalized spacial score (nSPS) is 11.0. The molecule has 0 heterocycles. The number of amides is 1. The number of rotatable bonds is 7. The zero-order valence-corrected chi connectivity index (χ0v) is 18.1. The van der Waals surface area contributed by atoms with Gasteiger partial charge in [0.1, 0.15) is 18.2 Å². The number of methoxy groups -OCH3 is 1. The summed E-state index contributed by atoms with van der Waals surface area (Å²) in [5.74, 6) is 0.490. The highest BCUT2D eigenvalue weighted by atomic mass is 16.5. The molecule has 0 aliphatic heterocycles. The first kappa shape index (κ1) is 21.7. The van der Waals surface area contributed by atoms with Gasteiger partial charge < -0.3 is 14.8 Å². The molecular formula is C28H22N2O3. The lowest BCUT2D eigenvalue weighted by atomic mass is 10.1. The van der Waals surface area contributed by atoms with Crippen molar-refractivity contribution >= 4 is 28.4 Å². The molecule has 4 aromatic carbocycles. The van der Waals surface area contributed by atoms with Gasteiger partial charge in [0.15, 0.2) is 11.5 Å². The van der Waals surface area contributed by atoms with E-state index in [1.54, 1.807) is 37.4 Å². The molecule has 5 nitrogen and oxygen atoms in total. The van der Waals surface area contributed by atoms with Gasteiger partial charge in [0.05, 0.1) is 7.11 Å². The van der Waals surface area contributed by atoms with Crippen LogP contribution >= 0.6 is 0 Å². The van der Waals surface area contributed by atoms with E-state index in [1.807, 2.05) is 48.5 Å². The van der Waals surface area contributed by atoms with Gasteiger partial charge in [0.2, 0.25) is 0 Å². The van der Waals surface area contributed by atoms with E-state index in [-0.39, 0.29) is 5.57 Å². The Kier molecular flexibility index (Phi) is 6.67. The van der Waals surface area contributed by atoms with Crippen LogP contribution in [0.3, 0.4) is 0 Å². The second-order valence-electron chi connectivity index (χ2n) is 7.30. The molecule has 0 spiro atoms. The Bertz CT molecular complexity index is 1350. The number of para-hydroxylation sites is 2. The van der Waals surface area contributed by atoms with Gasteiger partial charge >= 0.3 is 0 Å². The average Bonchev–Trinajstić information content (AvgIpc) is 2.86. The van der Waals surface area contributed by atoms with Crippen molar-refractivity contribution in [3.05, 3.63) is 108 Å². The molecule has 0 radical (unpaired) electrons. The highest BCUT2D eigenvalue weighted by molar-refractivity contribution is 6.09. The first-order valence-electron chi connectivity index (χ1n) is 10.4.